The Morgan fingerprint density at radius 1 is 1.19 bits per heavy atom. The second-order valence-corrected chi connectivity index (χ2v) is 4.82. The summed E-state index contributed by atoms with van der Waals surface area (Å²) in [5.74, 6) is -1.27. The fourth-order valence-corrected chi connectivity index (χ4v) is 1.83. The number of carboxylic acids is 1. The van der Waals surface area contributed by atoms with Gasteiger partial charge in [-0.25, -0.2) is 0 Å². The molecule has 0 heterocycles. The molecule has 5 nitrogen and oxygen atoms in total. The van der Waals surface area contributed by atoms with Crippen molar-refractivity contribution < 1.29 is 9.90 Å². The second kappa shape index (κ2) is 6.28. The maximum Gasteiger partial charge on any atom is 0.0754 e. The average molecular weight is 303 g/mol. The molecule has 0 aliphatic rings. The van der Waals surface area contributed by atoms with E-state index in [1.54, 1.807) is 12.1 Å². The lowest BCUT2D eigenvalue weighted by Gasteiger charge is -2.09. The highest BCUT2D eigenvalue weighted by Crippen LogP contribution is 2.23. The Morgan fingerprint density at radius 3 is 2.43 bits per heavy atom. The lowest BCUT2D eigenvalue weighted by Crippen LogP contribution is -2.22. The molecule has 21 heavy (non-hydrogen) atoms. The van der Waals surface area contributed by atoms with E-state index < -0.39 is 5.97 Å². The number of hydrogen-bond acceptors (Lipinski definition) is 5. The number of anilines is 2. The zero-order valence-electron chi connectivity index (χ0n) is 11.3. The van der Waals surface area contributed by atoms with Crippen LogP contribution in [0.25, 0.3) is 0 Å². The molecule has 0 aromatic heterocycles. The van der Waals surface area contributed by atoms with Gasteiger partial charge in [-0.2, -0.15) is 5.10 Å². The zero-order chi connectivity index (χ0) is 15.4. The van der Waals surface area contributed by atoms with Crippen molar-refractivity contribution in [2.45, 2.75) is 6.92 Å². The van der Waals surface area contributed by atoms with E-state index >= 15 is 0 Å². The van der Waals surface area contributed by atoms with Gasteiger partial charge in [0, 0.05) is 5.69 Å². The minimum Gasteiger partial charge on any atom is -0.545 e. The number of rotatable bonds is 4. The first-order valence-electron chi connectivity index (χ1n) is 6.14. The third-order valence-corrected chi connectivity index (χ3v) is 3.20. The van der Waals surface area contributed by atoms with Gasteiger partial charge < -0.3 is 15.6 Å². The Labute approximate surface area is 127 Å². The third kappa shape index (κ3) is 3.73. The minimum absolute atomic E-state index is 0.0298. The third-order valence-electron chi connectivity index (χ3n) is 2.87. The van der Waals surface area contributed by atoms with Crippen molar-refractivity contribution in [3.63, 3.8) is 0 Å². The van der Waals surface area contributed by atoms with Crippen LogP contribution in [-0.2, 0) is 0 Å². The van der Waals surface area contributed by atoms with Crippen LogP contribution in [0.1, 0.15) is 22.8 Å². The molecule has 0 saturated heterocycles. The number of nitrogens with two attached hydrogens (primary N) is 1. The molecule has 0 fully saturated rings. The summed E-state index contributed by atoms with van der Waals surface area (Å²) in [6.07, 6.45) is 0. The number of aromatic carboxylic acids is 1. The highest BCUT2D eigenvalue weighted by Gasteiger charge is 2.03. The molecule has 6 heteroatoms. The van der Waals surface area contributed by atoms with Gasteiger partial charge in [-0.15, -0.1) is 0 Å². The fourth-order valence-electron chi connectivity index (χ4n) is 1.67. The number of nitrogen functional groups attached to an aromatic ring is 1. The van der Waals surface area contributed by atoms with Crippen LogP contribution in [0.5, 0.6) is 0 Å². The van der Waals surface area contributed by atoms with Crippen molar-refractivity contribution in [1.82, 2.24) is 0 Å². The Bertz CT molecular complexity index is 697. The van der Waals surface area contributed by atoms with Gasteiger partial charge in [-0.05, 0) is 42.3 Å². The molecule has 0 unspecified atom stereocenters. The molecule has 2 aromatic rings. The molecule has 2 rings (SSSR count). The summed E-state index contributed by atoms with van der Waals surface area (Å²) in [6, 6.07) is 11.5. The lowest BCUT2D eigenvalue weighted by atomic mass is 10.1. The summed E-state index contributed by atoms with van der Waals surface area (Å²) in [5.41, 5.74) is 11.1. The first-order valence-corrected chi connectivity index (χ1v) is 6.52. The van der Waals surface area contributed by atoms with Gasteiger partial charge in [0.25, 0.3) is 0 Å². The monoisotopic (exact) mass is 302 g/mol. The highest BCUT2D eigenvalue weighted by atomic mass is 35.5. The molecule has 3 N–H and O–H groups in total. The Kier molecular flexibility index (Phi) is 4.45. The Hall–Kier alpha value is -2.53. The van der Waals surface area contributed by atoms with Crippen LogP contribution in [0.4, 0.5) is 11.4 Å². The van der Waals surface area contributed by atoms with Crippen molar-refractivity contribution in [2.24, 2.45) is 5.10 Å². The normalized spacial score (nSPS) is 11.2. The van der Waals surface area contributed by atoms with Gasteiger partial charge in [-0.1, -0.05) is 29.8 Å². The van der Waals surface area contributed by atoms with Crippen LogP contribution < -0.4 is 16.3 Å². The van der Waals surface area contributed by atoms with E-state index in [-0.39, 0.29) is 5.56 Å². The van der Waals surface area contributed by atoms with Crippen molar-refractivity contribution >= 4 is 34.7 Å². The largest absolute Gasteiger partial charge is 0.545 e. The predicted molar refractivity (Wildman–Crippen MR) is 82.5 cm³/mol. The molecule has 0 aliphatic carbocycles. The Morgan fingerprint density at radius 2 is 1.81 bits per heavy atom. The van der Waals surface area contributed by atoms with Gasteiger partial charge in [-0.3, -0.25) is 5.43 Å². The topological polar surface area (TPSA) is 90.5 Å². The van der Waals surface area contributed by atoms with E-state index in [2.05, 4.69) is 10.5 Å². The zero-order valence-corrected chi connectivity index (χ0v) is 12.0. The van der Waals surface area contributed by atoms with E-state index in [4.69, 9.17) is 17.3 Å². The van der Waals surface area contributed by atoms with E-state index in [1.165, 1.54) is 18.2 Å². The summed E-state index contributed by atoms with van der Waals surface area (Å²) in [7, 11) is 0. The van der Waals surface area contributed by atoms with Gasteiger partial charge in [0.05, 0.1) is 22.4 Å². The number of carbonyl (C=O) groups excluding carboxylic acids is 1. The molecule has 0 amide bonds. The number of carboxylic acid groups (broad SMARTS) is 1. The van der Waals surface area contributed by atoms with E-state index in [1.807, 2.05) is 19.1 Å². The standard InChI is InChI=1S/C15H14ClN3O2/c1-9(10-2-5-12(17)6-3-10)18-19-14-8-11(15(20)21)4-7-13(14)16/h2-8,19H,17H2,1H3,(H,20,21)/p-1/b18-9-. The lowest BCUT2D eigenvalue weighted by molar-refractivity contribution is -0.255. The van der Waals surface area contributed by atoms with Crippen LogP contribution in [0.15, 0.2) is 47.6 Å². The minimum atomic E-state index is -1.27. The van der Waals surface area contributed by atoms with E-state index in [9.17, 15) is 9.90 Å². The molecule has 2 aromatic carbocycles. The van der Waals surface area contributed by atoms with Crippen LogP contribution in [0.3, 0.4) is 0 Å². The molecular weight excluding hydrogens is 290 g/mol. The quantitative estimate of drug-likeness (QED) is 0.514. The van der Waals surface area contributed by atoms with E-state index in [0.717, 1.165) is 5.56 Å². The van der Waals surface area contributed by atoms with Crippen LogP contribution >= 0.6 is 11.6 Å². The maximum atomic E-state index is 10.8. The molecule has 0 spiro atoms. The number of nitrogens with one attached hydrogen (secondary N) is 1. The number of halogens is 1. The molecule has 0 aliphatic heterocycles. The number of carbonyl (C=O) groups is 1. The van der Waals surface area contributed by atoms with Crippen molar-refractivity contribution in [2.75, 3.05) is 11.2 Å². The predicted octanol–water partition coefficient (Wildman–Crippen LogP) is 2.12. The number of benzene rings is 2. The number of hydrogen-bond donors (Lipinski definition) is 2. The molecule has 108 valence electrons. The van der Waals surface area contributed by atoms with Crippen molar-refractivity contribution in [3.05, 3.63) is 58.6 Å². The SMILES string of the molecule is C/C(=N/Nc1cc(C(=O)[O-])ccc1Cl)c1ccc(N)cc1. The van der Waals surface area contributed by atoms with Crippen LogP contribution in [0, 0.1) is 0 Å². The van der Waals surface area contributed by atoms with E-state index in [0.29, 0.717) is 22.1 Å². The summed E-state index contributed by atoms with van der Waals surface area (Å²) in [4.78, 5) is 10.8. The molecular formula is C15H13ClN3O2-. The number of hydrazone groups is 1. The van der Waals surface area contributed by atoms with Gasteiger partial charge in [0.1, 0.15) is 0 Å². The number of nitrogens with zero attached hydrogens (tertiary/aromatic N) is 1. The first kappa shape index (κ1) is 14.9. The first-order chi connectivity index (χ1) is 9.97. The van der Waals surface area contributed by atoms with Gasteiger partial charge in [0.2, 0.25) is 0 Å². The summed E-state index contributed by atoms with van der Waals surface area (Å²) < 4.78 is 0. The van der Waals surface area contributed by atoms with Crippen LogP contribution in [-0.4, -0.2) is 11.7 Å². The second-order valence-electron chi connectivity index (χ2n) is 4.41. The van der Waals surface area contributed by atoms with Crippen molar-refractivity contribution in [3.8, 4) is 0 Å². The average Bonchev–Trinajstić information content (AvgIpc) is 2.46. The summed E-state index contributed by atoms with van der Waals surface area (Å²) in [5, 5.41) is 15.4. The smallest absolute Gasteiger partial charge is 0.0754 e. The summed E-state index contributed by atoms with van der Waals surface area (Å²) in [6.45, 7) is 1.81. The Balaban J connectivity index is 2.21. The highest BCUT2D eigenvalue weighted by molar-refractivity contribution is 6.33. The van der Waals surface area contributed by atoms with Crippen molar-refractivity contribution in [1.29, 1.82) is 0 Å². The summed E-state index contributed by atoms with van der Waals surface area (Å²) >= 11 is 5.99. The molecule has 0 atom stereocenters. The molecule has 0 radical (unpaired) electrons. The van der Waals surface area contributed by atoms with Gasteiger partial charge in [0.15, 0.2) is 0 Å². The fraction of sp³-hybridized carbons (Fsp3) is 0.0667. The van der Waals surface area contributed by atoms with Crippen LogP contribution in [0.2, 0.25) is 5.02 Å². The molecule has 0 bridgehead atoms. The van der Waals surface area contributed by atoms with Gasteiger partial charge >= 0.3 is 0 Å². The maximum absolute atomic E-state index is 10.8. The molecule has 0 saturated carbocycles.